The number of hydrogen-bond acceptors (Lipinski definition) is 3. The van der Waals surface area contributed by atoms with Crippen LogP contribution in [-0.4, -0.2) is 32.6 Å². The van der Waals surface area contributed by atoms with Gasteiger partial charge in [0.2, 0.25) is 5.91 Å². The zero-order valence-electron chi connectivity index (χ0n) is 15.1. The second-order valence-electron chi connectivity index (χ2n) is 5.60. The van der Waals surface area contributed by atoms with Gasteiger partial charge in [-0.2, -0.15) is 0 Å². The first-order valence-electron chi connectivity index (χ1n) is 8.16. The number of ether oxygens (including phenoxy) is 1. The maximum atomic E-state index is 12.2. The van der Waals surface area contributed by atoms with Gasteiger partial charge in [-0.1, -0.05) is 40.2 Å². The molecule has 6 nitrogen and oxygen atoms in total. The topological polar surface area (TPSA) is 74.8 Å². The van der Waals surface area contributed by atoms with E-state index in [1.165, 1.54) is 0 Å². The van der Waals surface area contributed by atoms with Crippen LogP contribution >= 0.6 is 15.9 Å². The van der Waals surface area contributed by atoms with E-state index in [9.17, 15) is 4.79 Å². The lowest BCUT2D eigenvalue weighted by molar-refractivity contribution is -0.115. The van der Waals surface area contributed by atoms with E-state index in [0.717, 1.165) is 27.0 Å². The minimum absolute atomic E-state index is 0.109. The highest BCUT2D eigenvalue weighted by atomic mass is 79.9. The lowest BCUT2D eigenvalue weighted by Gasteiger charge is -2.14. The number of carbonyl (C=O) groups excluding carboxylic acids is 1. The predicted molar refractivity (Wildman–Crippen MR) is 109 cm³/mol. The Kier molecular flexibility index (Phi) is 7.47. The van der Waals surface area contributed by atoms with E-state index in [0.29, 0.717) is 12.5 Å². The number of benzene rings is 2. The number of aliphatic imine (C=N–C) groups is 1. The Balaban J connectivity index is 1.86. The van der Waals surface area contributed by atoms with Gasteiger partial charge in [0.15, 0.2) is 5.96 Å². The Morgan fingerprint density at radius 1 is 1.19 bits per heavy atom. The van der Waals surface area contributed by atoms with Crippen LogP contribution in [0.25, 0.3) is 0 Å². The molecule has 0 atom stereocenters. The molecule has 2 aromatic rings. The minimum atomic E-state index is -0.147. The third kappa shape index (κ3) is 5.77. The number of nitrogens with one attached hydrogen (secondary N) is 3. The molecule has 0 radical (unpaired) electrons. The second-order valence-corrected chi connectivity index (χ2v) is 6.51. The van der Waals surface area contributed by atoms with Crippen molar-refractivity contribution in [1.29, 1.82) is 0 Å². The minimum Gasteiger partial charge on any atom is -0.496 e. The number of para-hydroxylation sites is 1. The molecule has 138 valence electrons. The second kappa shape index (κ2) is 9.82. The van der Waals surface area contributed by atoms with Crippen molar-refractivity contribution < 1.29 is 9.53 Å². The first-order valence-corrected chi connectivity index (χ1v) is 8.95. The highest BCUT2D eigenvalue weighted by Crippen LogP contribution is 2.20. The zero-order chi connectivity index (χ0) is 18.9. The number of amides is 1. The molecule has 0 unspecified atom stereocenters. The maximum Gasteiger partial charge on any atom is 0.243 e. The summed E-state index contributed by atoms with van der Waals surface area (Å²) in [5.74, 6) is 1.20. The van der Waals surface area contributed by atoms with Crippen molar-refractivity contribution in [1.82, 2.24) is 10.6 Å². The maximum absolute atomic E-state index is 12.2. The van der Waals surface area contributed by atoms with Gasteiger partial charge in [0.1, 0.15) is 5.75 Å². The normalized spacial score (nSPS) is 11.0. The first-order chi connectivity index (χ1) is 12.5. The van der Waals surface area contributed by atoms with E-state index < -0.39 is 0 Å². The smallest absolute Gasteiger partial charge is 0.243 e. The molecule has 0 fully saturated rings. The molecule has 0 aliphatic carbocycles. The number of hydrogen-bond donors (Lipinski definition) is 3. The molecule has 0 saturated carbocycles. The Hall–Kier alpha value is -2.54. The number of nitrogens with zero attached hydrogens (tertiary/aromatic N) is 1. The Morgan fingerprint density at radius 2 is 1.96 bits per heavy atom. The van der Waals surface area contributed by atoms with E-state index in [1.807, 2.05) is 49.4 Å². The molecule has 0 aliphatic heterocycles. The van der Waals surface area contributed by atoms with Crippen molar-refractivity contribution in [2.24, 2.45) is 4.99 Å². The molecule has 0 bridgehead atoms. The zero-order valence-corrected chi connectivity index (χ0v) is 16.7. The van der Waals surface area contributed by atoms with Crippen LogP contribution in [0.3, 0.4) is 0 Å². The van der Waals surface area contributed by atoms with Gasteiger partial charge in [-0.05, 0) is 30.7 Å². The highest BCUT2D eigenvalue weighted by Gasteiger charge is 2.08. The molecule has 0 spiro atoms. The van der Waals surface area contributed by atoms with E-state index in [2.05, 4.69) is 36.9 Å². The van der Waals surface area contributed by atoms with Gasteiger partial charge in [0, 0.05) is 29.3 Å². The largest absolute Gasteiger partial charge is 0.496 e. The summed E-state index contributed by atoms with van der Waals surface area (Å²) in [6.45, 7) is 2.59. The third-order valence-corrected chi connectivity index (χ3v) is 4.25. The van der Waals surface area contributed by atoms with Gasteiger partial charge in [-0.3, -0.25) is 9.79 Å². The molecule has 0 aliphatic rings. The summed E-state index contributed by atoms with van der Waals surface area (Å²) in [5, 5.41) is 9.07. The van der Waals surface area contributed by atoms with Crippen LogP contribution < -0.4 is 20.7 Å². The number of guanidine groups is 1. The molecule has 2 aromatic carbocycles. The fraction of sp³-hybridized carbons (Fsp3) is 0.263. The molecule has 2 rings (SSSR count). The summed E-state index contributed by atoms with van der Waals surface area (Å²) >= 11 is 3.41. The molecular weight excluding hydrogens is 396 g/mol. The summed E-state index contributed by atoms with van der Waals surface area (Å²) in [7, 11) is 3.30. The van der Waals surface area contributed by atoms with Gasteiger partial charge in [-0.25, -0.2) is 0 Å². The van der Waals surface area contributed by atoms with Crippen LogP contribution in [0, 0.1) is 6.92 Å². The summed E-state index contributed by atoms with van der Waals surface area (Å²) in [6.07, 6.45) is 0. The number of rotatable bonds is 6. The molecule has 0 heterocycles. The lowest BCUT2D eigenvalue weighted by Crippen LogP contribution is -2.41. The molecule has 0 aromatic heterocycles. The summed E-state index contributed by atoms with van der Waals surface area (Å²) in [6, 6.07) is 13.5. The van der Waals surface area contributed by atoms with Crippen molar-refractivity contribution in [2.45, 2.75) is 13.5 Å². The van der Waals surface area contributed by atoms with Crippen LogP contribution in [0.4, 0.5) is 5.69 Å². The molecule has 3 N–H and O–H groups in total. The van der Waals surface area contributed by atoms with Crippen molar-refractivity contribution in [3.05, 3.63) is 58.1 Å². The fourth-order valence-corrected chi connectivity index (χ4v) is 2.70. The van der Waals surface area contributed by atoms with Gasteiger partial charge in [0.05, 0.1) is 13.7 Å². The highest BCUT2D eigenvalue weighted by molar-refractivity contribution is 9.10. The summed E-state index contributed by atoms with van der Waals surface area (Å²) in [5.41, 5.74) is 2.79. The van der Waals surface area contributed by atoms with Gasteiger partial charge in [-0.15, -0.1) is 0 Å². The van der Waals surface area contributed by atoms with E-state index in [1.54, 1.807) is 14.2 Å². The van der Waals surface area contributed by atoms with Crippen LogP contribution in [0.2, 0.25) is 0 Å². The Bertz CT molecular complexity index is 793. The number of anilines is 1. The Morgan fingerprint density at radius 3 is 2.69 bits per heavy atom. The predicted octanol–water partition coefficient (Wildman–Crippen LogP) is 3.07. The Labute approximate surface area is 162 Å². The lowest BCUT2D eigenvalue weighted by atomic mass is 10.2. The van der Waals surface area contributed by atoms with Crippen LogP contribution in [-0.2, 0) is 11.3 Å². The summed E-state index contributed by atoms with van der Waals surface area (Å²) in [4.78, 5) is 16.3. The van der Waals surface area contributed by atoms with Crippen LogP contribution in [0.5, 0.6) is 5.75 Å². The molecular formula is C19H23BrN4O2. The SMILES string of the molecule is CN=C(NCC(=O)Nc1cc(Br)ccc1C)NCc1ccccc1OC. The van der Waals surface area contributed by atoms with Crippen molar-refractivity contribution in [3.8, 4) is 5.75 Å². The number of halogens is 1. The average Bonchev–Trinajstić information content (AvgIpc) is 2.65. The van der Waals surface area contributed by atoms with Gasteiger partial charge >= 0.3 is 0 Å². The summed E-state index contributed by atoms with van der Waals surface area (Å²) < 4.78 is 6.25. The molecule has 26 heavy (non-hydrogen) atoms. The molecule has 7 heteroatoms. The third-order valence-electron chi connectivity index (χ3n) is 3.75. The van der Waals surface area contributed by atoms with Crippen molar-refractivity contribution >= 4 is 33.5 Å². The van der Waals surface area contributed by atoms with Gasteiger partial charge in [0.25, 0.3) is 0 Å². The van der Waals surface area contributed by atoms with Crippen LogP contribution in [0.15, 0.2) is 51.9 Å². The first kappa shape index (κ1) is 19.8. The monoisotopic (exact) mass is 418 g/mol. The molecule has 1 amide bonds. The van der Waals surface area contributed by atoms with E-state index >= 15 is 0 Å². The van der Waals surface area contributed by atoms with Crippen molar-refractivity contribution in [2.75, 3.05) is 26.0 Å². The van der Waals surface area contributed by atoms with Gasteiger partial charge < -0.3 is 20.7 Å². The average molecular weight is 419 g/mol. The number of carbonyl (C=O) groups is 1. The number of aryl methyl sites for hydroxylation is 1. The molecule has 0 saturated heterocycles. The van der Waals surface area contributed by atoms with E-state index in [-0.39, 0.29) is 12.5 Å². The quantitative estimate of drug-likeness (QED) is 0.497. The number of methoxy groups -OCH3 is 1. The van der Waals surface area contributed by atoms with E-state index in [4.69, 9.17) is 4.74 Å². The fourth-order valence-electron chi connectivity index (χ4n) is 2.34. The van der Waals surface area contributed by atoms with Crippen molar-refractivity contribution in [3.63, 3.8) is 0 Å². The van der Waals surface area contributed by atoms with Crippen LogP contribution in [0.1, 0.15) is 11.1 Å². The standard InChI is InChI=1S/C19H23BrN4O2/c1-13-8-9-15(20)10-16(13)24-18(25)12-23-19(21-2)22-11-14-6-4-5-7-17(14)26-3/h4-10H,11-12H2,1-3H3,(H,24,25)(H2,21,22,23).